The van der Waals surface area contributed by atoms with E-state index in [0.717, 1.165) is 55.1 Å². The van der Waals surface area contributed by atoms with Crippen molar-refractivity contribution >= 4 is 29.9 Å². The van der Waals surface area contributed by atoms with Crippen molar-refractivity contribution in [1.82, 2.24) is 25.4 Å². The first-order chi connectivity index (χ1) is 14.0. The third kappa shape index (κ3) is 9.29. The van der Waals surface area contributed by atoms with Crippen LogP contribution < -0.4 is 15.4 Å². The molecular weight excluding hydrogens is 495 g/mol. The molecule has 2 aromatic rings. The van der Waals surface area contributed by atoms with Crippen LogP contribution in [0, 0.1) is 12.8 Å². The van der Waals surface area contributed by atoms with Crippen LogP contribution in [0.4, 0.5) is 0 Å². The lowest BCUT2D eigenvalue weighted by Gasteiger charge is -2.13. The van der Waals surface area contributed by atoms with E-state index in [1.165, 1.54) is 0 Å². The summed E-state index contributed by atoms with van der Waals surface area (Å²) in [5.74, 6) is 3.88. The van der Waals surface area contributed by atoms with Crippen LogP contribution in [-0.2, 0) is 24.9 Å². The number of hydrogen-bond donors (Lipinski definition) is 2. The van der Waals surface area contributed by atoms with Gasteiger partial charge in [0.2, 0.25) is 0 Å². The summed E-state index contributed by atoms with van der Waals surface area (Å²) in [6.07, 6.45) is 0.916. The highest BCUT2D eigenvalue weighted by Crippen LogP contribution is 2.11. The van der Waals surface area contributed by atoms with E-state index in [9.17, 15) is 0 Å². The summed E-state index contributed by atoms with van der Waals surface area (Å²) in [4.78, 5) is 4.70. The van der Waals surface area contributed by atoms with E-state index >= 15 is 0 Å². The summed E-state index contributed by atoms with van der Waals surface area (Å²) in [7, 11) is 3.62. The molecule has 0 saturated heterocycles. The van der Waals surface area contributed by atoms with E-state index in [1.54, 1.807) is 7.11 Å². The van der Waals surface area contributed by atoms with Gasteiger partial charge in [0, 0.05) is 26.8 Å². The molecule has 0 spiro atoms. The first kappa shape index (κ1) is 26.2. The summed E-state index contributed by atoms with van der Waals surface area (Å²) in [5.41, 5.74) is 1.11. The lowest BCUT2D eigenvalue weighted by atomic mass is 10.2. The normalized spacial score (nSPS) is 11.3. The Labute approximate surface area is 196 Å². The second kappa shape index (κ2) is 14.2. The zero-order valence-corrected chi connectivity index (χ0v) is 21.0. The maximum absolute atomic E-state index is 5.64. The lowest BCUT2D eigenvalue weighted by molar-refractivity contribution is 0.108. The molecule has 0 radical (unpaired) electrons. The summed E-state index contributed by atoms with van der Waals surface area (Å²) in [6, 6.07) is 7.93. The Morgan fingerprint density at radius 3 is 2.50 bits per heavy atom. The number of nitrogens with zero attached hydrogens (tertiary/aromatic N) is 4. The van der Waals surface area contributed by atoms with Crippen molar-refractivity contribution in [2.45, 2.75) is 40.3 Å². The number of rotatable bonds is 11. The number of halogens is 1. The first-order valence-corrected chi connectivity index (χ1v) is 10.1. The molecule has 0 aliphatic rings. The predicted octanol–water partition coefficient (Wildman–Crippen LogP) is 3.05. The minimum Gasteiger partial charge on any atom is -0.497 e. The fourth-order valence-electron chi connectivity index (χ4n) is 2.54. The van der Waals surface area contributed by atoms with Gasteiger partial charge in [-0.2, -0.15) is 0 Å². The van der Waals surface area contributed by atoms with Gasteiger partial charge < -0.3 is 24.7 Å². The topological polar surface area (TPSA) is 85.6 Å². The van der Waals surface area contributed by atoms with Gasteiger partial charge in [-0.15, -0.1) is 34.2 Å². The fraction of sp³-hybridized carbons (Fsp3) is 0.571. The molecule has 30 heavy (non-hydrogen) atoms. The average molecular weight is 530 g/mol. The van der Waals surface area contributed by atoms with Crippen LogP contribution in [0.25, 0.3) is 0 Å². The van der Waals surface area contributed by atoms with Gasteiger partial charge in [-0.3, -0.25) is 0 Å². The van der Waals surface area contributed by atoms with E-state index in [2.05, 4.69) is 34.7 Å². The maximum Gasteiger partial charge on any atom is 0.191 e. The summed E-state index contributed by atoms with van der Waals surface area (Å²) < 4.78 is 12.8. The summed E-state index contributed by atoms with van der Waals surface area (Å²) in [5, 5.41) is 15.0. The Kier molecular flexibility index (Phi) is 12.4. The number of aryl methyl sites for hydroxylation is 1. The van der Waals surface area contributed by atoms with Crippen molar-refractivity contribution in [3.8, 4) is 5.75 Å². The third-order valence-electron chi connectivity index (χ3n) is 4.38. The Morgan fingerprint density at radius 1 is 1.17 bits per heavy atom. The number of guanidine groups is 1. The zero-order chi connectivity index (χ0) is 21.1. The van der Waals surface area contributed by atoms with Crippen LogP contribution in [0.2, 0.25) is 0 Å². The van der Waals surface area contributed by atoms with Gasteiger partial charge in [0.05, 0.1) is 20.2 Å². The van der Waals surface area contributed by atoms with Crippen LogP contribution >= 0.6 is 24.0 Å². The number of aromatic nitrogens is 3. The zero-order valence-electron chi connectivity index (χ0n) is 18.6. The number of benzene rings is 1. The largest absolute Gasteiger partial charge is 0.497 e. The molecule has 0 bridgehead atoms. The highest BCUT2D eigenvalue weighted by atomic mass is 127. The van der Waals surface area contributed by atoms with Gasteiger partial charge in [-0.05, 0) is 37.0 Å². The van der Waals surface area contributed by atoms with Crippen LogP contribution in [0.1, 0.15) is 37.5 Å². The SMILES string of the molecule is COc1ccc(CN=C(NCCCOCC(C)C)NCc2nnc(C)n2C)cc1.I. The van der Waals surface area contributed by atoms with Gasteiger partial charge >= 0.3 is 0 Å². The summed E-state index contributed by atoms with van der Waals surface area (Å²) >= 11 is 0. The molecule has 0 unspecified atom stereocenters. The number of hydrogen-bond acceptors (Lipinski definition) is 5. The predicted molar refractivity (Wildman–Crippen MR) is 130 cm³/mol. The first-order valence-electron chi connectivity index (χ1n) is 10.1. The van der Waals surface area contributed by atoms with Gasteiger partial charge in [0.1, 0.15) is 11.6 Å². The van der Waals surface area contributed by atoms with Crippen molar-refractivity contribution in [2.24, 2.45) is 18.0 Å². The number of ether oxygens (including phenoxy) is 2. The monoisotopic (exact) mass is 530 g/mol. The summed E-state index contributed by atoms with van der Waals surface area (Å²) in [6.45, 7) is 9.67. The van der Waals surface area contributed by atoms with Gasteiger partial charge in [-0.1, -0.05) is 26.0 Å². The second-order valence-corrected chi connectivity index (χ2v) is 7.34. The van der Waals surface area contributed by atoms with E-state index in [0.29, 0.717) is 19.0 Å². The molecule has 0 amide bonds. The molecule has 2 N–H and O–H groups in total. The van der Waals surface area contributed by atoms with E-state index in [-0.39, 0.29) is 24.0 Å². The highest BCUT2D eigenvalue weighted by Gasteiger charge is 2.06. The minimum absolute atomic E-state index is 0. The molecule has 0 fully saturated rings. The van der Waals surface area contributed by atoms with E-state index < -0.39 is 0 Å². The quantitative estimate of drug-likeness (QED) is 0.201. The van der Waals surface area contributed by atoms with Crippen LogP contribution in [0.3, 0.4) is 0 Å². The van der Waals surface area contributed by atoms with Crippen LogP contribution in [0.15, 0.2) is 29.3 Å². The molecule has 0 aliphatic carbocycles. The van der Waals surface area contributed by atoms with E-state index in [1.807, 2.05) is 42.8 Å². The molecule has 1 aromatic carbocycles. The maximum atomic E-state index is 5.64. The average Bonchev–Trinajstić information content (AvgIpc) is 3.04. The smallest absolute Gasteiger partial charge is 0.191 e. The third-order valence-corrected chi connectivity index (χ3v) is 4.38. The molecule has 0 aliphatic heterocycles. The van der Waals surface area contributed by atoms with Crippen molar-refractivity contribution in [3.05, 3.63) is 41.5 Å². The molecule has 0 atom stereocenters. The minimum atomic E-state index is 0. The standard InChI is InChI=1S/C21H34N6O2.HI/c1-16(2)15-29-12-6-11-22-21(24-14-20-26-25-17(3)27(20)4)23-13-18-7-9-19(28-5)10-8-18;/h7-10,16H,6,11-15H2,1-5H3,(H2,22,23,24);1H. The number of methoxy groups -OCH3 is 1. The lowest BCUT2D eigenvalue weighted by Crippen LogP contribution is -2.38. The van der Waals surface area contributed by atoms with Gasteiger partial charge in [-0.25, -0.2) is 4.99 Å². The molecule has 8 nitrogen and oxygen atoms in total. The Bertz CT molecular complexity index is 761. The molecule has 9 heteroatoms. The molecule has 1 aromatic heterocycles. The Morgan fingerprint density at radius 2 is 1.90 bits per heavy atom. The Hall–Kier alpha value is -1.88. The van der Waals surface area contributed by atoms with Crippen molar-refractivity contribution in [1.29, 1.82) is 0 Å². The van der Waals surface area contributed by atoms with Gasteiger partial charge in [0.25, 0.3) is 0 Å². The molecular formula is C21H35IN6O2. The Balaban J connectivity index is 0.00000450. The number of aliphatic imine (C=N–C) groups is 1. The van der Waals surface area contributed by atoms with Crippen molar-refractivity contribution < 1.29 is 9.47 Å². The molecule has 0 saturated carbocycles. The molecule has 2 rings (SSSR count). The fourth-order valence-corrected chi connectivity index (χ4v) is 2.54. The van der Waals surface area contributed by atoms with Gasteiger partial charge in [0.15, 0.2) is 11.8 Å². The molecule has 168 valence electrons. The second-order valence-electron chi connectivity index (χ2n) is 7.34. The van der Waals surface area contributed by atoms with Crippen LogP contribution in [-0.4, -0.2) is 47.6 Å². The highest BCUT2D eigenvalue weighted by molar-refractivity contribution is 14.0. The van der Waals surface area contributed by atoms with Crippen LogP contribution in [0.5, 0.6) is 5.75 Å². The number of nitrogens with one attached hydrogen (secondary N) is 2. The molecule has 1 heterocycles. The van der Waals surface area contributed by atoms with E-state index in [4.69, 9.17) is 14.5 Å². The van der Waals surface area contributed by atoms with Crippen molar-refractivity contribution in [2.75, 3.05) is 26.9 Å². The van der Waals surface area contributed by atoms with Crippen molar-refractivity contribution in [3.63, 3.8) is 0 Å².